The zero-order valence-corrected chi connectivity index (χ0v) is 10.9. The van der Waals surface area contributed by atoms with E-state index in [1.165, 1.54) is 0 Å². The lowest BCUT2D eigenvalue weighted by molar-refractivity contribution is -0.117. The van der Waals surface area contributed by atoms with Crippen molar-refractivity contribution in [3.63, 3.8) is 0 Å². The lowest BCUT2D eigenvalue weighted by atomic mass is 10.1. The fourth-order valence-electron chi connectivity index (χ4n) is 1.45. The number of benzene rings is 1. The first-order valence-electron chi connectivity index (χ1n) is 5.88. The molecule has 0 aliphatic heterocycles. The van der Waals surface area contributed by atoms with Crippen molar-refractivity contribution in [3.05, 3.63) is 29.3 Å². The zero-order valence-electron chi connectivity index (χ0n) is 10.9. The van der Waals surface area contributed by atoms with Crippen molar-refractivity contribution in [3.8, 4) is 0 Å². The normalized spacial score (nSPS) is 11.8. The first-order valence-corrected chi connectivity index (χ1v) is 5.88. The van der Waals surface area contributed by atoms with Gasteiger partial charge in [-0.25, -0.2) is 0 Å². The second-order valence-electron chi connectivity index (χ2n) is 4.11. The Hall–Kier alpha value is -1.88. The van der Waals surface area contributed by atoms with E-state index in [0.29, 0.717) is 17.7 Å². The molecule has 2 amide bonds. The van der Waals surface area contributed by atoms with Gasteiger partial charge < -0.3 is 16.4 Å². The van der Waals surface area contributed by atoms with Gasteiger partial charge in [-0.2, -0.15) is 0 Å². The molecule has 4 N–H and O–H groups in total. The van der Waals surface area contributed by atoms with Crippen molar-refractivity contribution in [2.24, 2.45) is 5.73 Å². The third kappa shape index (κ3) is 3.30. The van der Waals surface area contributed by atoms with Crippen molar-refractivity contribution >= 4 is 17.5 Å². The fraction of sp³-hybridized carbons (Fsp3) is 0.385. The summed E-state index contributed by atoms with van der Waals surface area (Å²) in [5.74, 6) is -0.431. The molecule has 0 heterocycles. The van der Waals surface area contributed by atoms with Gasteiger partial charge in [-0.3, -0.25) is 9.59 Å². The summed E-state index contributed by atoms with van der Waals surface area (Å²) < 4.78 is 0. The molecule has 0 aliphatic carbocycles. The number of nitrogens with one attached hydrogen (secondary N) is 2. The second-order valence-corrected chi connectivity index (χ2v) is 4.11. The van der Waals surface area contributed by atoms with Crippen molar-refractivity contribution in [1.82, 2.24) is 5.32 Å². The number of anilines is 1. The summed E-state index contributed by atoms with van der Waals surface area (Å²) in [4.78, 5) is 23.2. The molecule has 1 unspecified atom stereocenters. The molecule has 0 spiro atoms. The van der Waals surface area contributed by atoms with Gasteiger partial charge in [0.1, 0.15) is 0 Å². The van der Waals surface area contributed by atoms with E-state index < -0.39 is 6.04 Å². The van der Waals surface area contributed by atoms with Crippen molar-refractivity contribution in [2.45, 2.75) is 26.3 Å². The third-order valence-electron chi connectivity index (χ3n) is 2.76. The van der Waals surface area contributed by atoms with Crippen LogP contribution in [0.5, 0.6) is 0 Å². The van der Waals surface area contributed by atoms with Crippen LogP contribution < -0.4 is 16.4 Å². The third-order valence-corrected chi connectivity index (χ3v) is 2.76. The molecular formula is C13H19N3O2. The van der Waals surface area contributed by atoms with Crippen LogP contribution in [0.25, 0.3) is 0 Å². The highest BCUT2D eigenvalue weighted by Gasteiger charge is 2.13. The van der Waals surface area contributed by atoms with Crippen LogP contribution in [0.2, 0.25) is 0 Å². The highest BCUT2D eigenvalue weighted by molar-refractivity contribution is 5.99. The van der Waals surface area contributed by atoms with E-state index in [2.05, 4.69) is 10.6 Å². The predicted octanol–water partition coefficient (Wildman–Crippen LogP) is 1.03. The van der Waals surface area contributed by atoms with Crippen LogP contribution in [0.4, 0.5) is 5.69 Å². The molecule has 1 aromatic carbocycles. The Morgan fingerprint density at radius 1 is 1.39 bits per heavy atom. The Morgan fingerprint density at radius 3 is 2.61 bits per heavy atom. The van der Waals surface area contributed by atoms with Crippen LogP contribution >= 0.6 is 0 Å². The minimum Gasteiger partial charge on any atom is -0.355 e. The van der Waals surface area contributed by atoms with Crippen LogP contribution in [0.15, 0.2) is 18.2 Å². The number of hydrogen-bond donors (Lipinski definition) is 3. The maximum atomic E-state index is 11.7. The van der Waals surface area contributed by atoms with E-state index in [9.17, 15) is 9.59 Å². The van der Waals surface area contributed by atoms with Crippen LogP contribution in [0.1, 0.15) is 29.3 Å². The monoisotopic (exact) mass is 249 g/mol. The number of rotatable bonds is 4. The summed E-state index contributed by atoms with van der Waals surface area (Å²) in [5, 5.41) is 5.28. The summed E-state index contributed by atoms with van der Waals surface area (Å²) in [6, 6.07) is 4.61. The highest BCUT2D eigenvalue weighted by atomic mass is 16.2. The molecule has 0 saturated carbocycles. The lowest BCUT2D eigenvalue weighted by Crippen LogP contribution is -2.35. The van der Waals surface area contributed by atoms with E-state index in [-0.39, 0.29) is 11.8 Å². The SMILES string of the molecule is CCC(N)C(=O)Nc1cc(C(=O)NC)ccc1C. The van der Waals surface area contributed by atoms with Gasteiger partial charge >= 0.3 is 0 Å². The smallest absolute Gasteiger partial charge is 0.251 e. The summed E-state index contributed by atoms with van der Waals surface area (Å²) >= 11 is 0. The molecule has 0 radical (unpaired) electrons. The summed E-state index contributed by atoms with van der Waals surface area (Å²) in [5.41, 5.74) is 7.65. The average Bonchev–Trinajstić information content (AvgIpc) is 2.39. The molecule has 18 heavy (non-hydrogen) atoms. The molecule has 1 atom stereocenters. The van der Waals surface area contributed by atoms with Gasteiger partial charge in [0.2, 0.25) is 5.91 Å². The van der Waals surface area contributed by atoms with Crippen molar-refractivity contribution < 1.29 is 9.59 Å². The molecule has 0 fully saturated rings. The minimum atomic E-state index is -0.534. The summed E-state index contributed by atoms with van der Waals surface area (Å²) in [6.07, 6.45) is 0.569. The number of carbonyl (C=O) groups excluding carboxylic acids is 2. The van der Waals surface area contributed by atoms with Crippen molar-refractivity contribution in [1.29, 1.82) is 0 Å². The van der Waals surface area contributed by atoms with Crippen molar-refractivity contribution in [2.75, 3.05) is 12.4 Å². The number of carbonyl (C=O) groups is 2. The Morgan fingerprint density at radius 2 is 2.06 bits per heavy atom. The van der Waals surface area contributed by atoms with E-state index in [1.807, 2.05) is 13.8 Å². The molecular weight excluding hydrogens is 230 g/mol. The number of aryl methyl sites for hydroxylation is 1. The maximum Gasteiger partial charge on any atom is 0.251 e. The molecule has 0 saturated heterocycles. The summed E-state index contributed by atoms with van der Waals surface area (Å²) in [7, 11) is 1.56. The zero-order chi connectivity index (χ0) is 13.7. The van der Waals surface area contributed by atoms with E-state index >= 15 is 0 Å². The van der Waals surface area contributed by atoms with Crippen LogP contribution in [0.3, 0.4) is 0 Å². The molecule has 5 heteroatoms. The van der Waals surface area contributed by atoms with E-state index in [1.54, 1.807) is 25.2 Å². The molecule has 5 nitrogen and oxygen atoms in total. The average molecular weight is 249 g/mol. The standard InChI is InChI=1S/C13H19N3O2/c1-4-10(14)13(18)16-11-7-9(12(17)15-3)6-5-8(11)2/h5-7,10H,4,14H2,1-3H3,(H,15,17)(H,16,18). The van der Waals surface area contributed by atoms with Crippen LogP contribution in [0, 0.1) is 6.92 Å². The first kappa shape index (κ1) is 14.2. The van der Waals surface area contributed by atoms with Crippen LogP contribution in [-0.2, 0) is 4.79 Å². The molecule has 98 valence electrons. The number of amides is 2. The number of hydrogen-bond acceptors (Lipinski definition) is 3. The van der Waals surface area contributed by atoms with Gasteiger partial charge in [-0.1, -0.05) is 13.0 Å². The molecule has 1 aromatic rings. The molecule has 0 aliphatic rings. The van der Waals surface area contributed by atoms with Gasteiger partial charge in [0, 0.05) is 18.3 Å². The Labute approximate surface area is 107 Å². The Balaban J connectivity index is 2.94. The van der Waals surface area contributed by atoms with Gasteiger partial charge in [0.15, 0.2) is 0 Å². The molecule has 0 aromatic heterocycles. The fourth-order valence-corrected chi connectivity index (χ4v) is 1.45. The summed E-state index contributed by atoms with van der Waals surface area (Å²) in [6.45, 7) is 3.71. The van der Waals surface area contributed by atoms with Gasteiger partial charge in [0.05, 0.1) is 6.04 Å². The maximum absolute atomic E-state index is 11.7. The van der Waals surface area contributed by atoms with E-state index in [0.717, 1.165) is 5.56 Å². The van der Waals surface area contributed by atoms with Crippen LogP contribution in [-0.4, -0.2) is 24.9 Å². The Bertz CT molecular complexity index is 458. The Kier molecular flexibility index (Phi) is 4.85. The highest BCUT2D eigenvalue weighted by Crippen LogP contribution is 2.17. The largest absolute Gasteiger partial charge is 0.355 e. The topological polar surface area (TPSA) is 84.2 Å². The number of nitrogens with two attached hydrogens (primary N) is 1. The predicted molar refractivity (Wildman–Crippen MR) is 71.5 cm³/mol. The van der Waals surface area contributed by atoms with Gasteiger partial charge in [-0.15, -0.1) is 0 Å². The lowest BCUT2D eigenvalue weighted by Gasteiger charge is -2.13. The van der Waals surface area contributed by atoms with E-state index in [4.69, 9.17) is 5.73 Å². The van der Waals surface area contributed by atoms with Gasteiger partial charge in [-0.05, 0) is 31.0 Å². The van der Waals surface area contributed by atoms with Gasteiger partial charge in [0.25, 0.3) is 5.91 Å². The quantitative estimate of drug-likeness (QED) is 0.745. The molecule has 1 rings (SSSR count). The first-order chi connectivity index (χ1) is 8.49. The second kappa shape index (κ2) is 6.16. The molecule has 0 bridgehead atoms. The minimum absolute atomic E-state index is 0.190.